The summed E-state index contributed by atoms with van der Waals surface area (Å²) in [6.07, 6.45) is 0. The number of nitrogens with zero attached hydrogens (tertiary/aromatic N) is 2. The number of para-hydroxylation sites is 1. The Morgan fingerprint density at radius 3 is 2.60 bits per heavy atom. The van der Waals surface area contributed by atoms with Gasteiger partial charge in [-0.15, -0.1) is 0 Å². The van der Waals surface area contributed by atoms with Crippen molar-refractivity contribution in [2.24, 2.45) is 0 Å². The summed E-state index contributed by atoms with van der Waals surface area (Å²) in [6.45, 7) is -0.512. The van der Waals surface area contributed by atoms with Gasteiger partial charge in [0, 0.05) is 16.0 Å². The summed E-state index contributed by atoms with van der Waals surface area (Å²) in [5.41, 5.74) is 1.38. The van der Waals surface area contributed by atoms with Crippen LogP contribution in [0, 0.1) is 0 Å². The van der Waals surface area contributed by atoms with E-state index in [9.17, 15) is 9.59 Å². The lowest BCUT2D eigenvalue weighted by Crippen LogP contribution is -2.21. The molecule has 2 aliphatic rings. The number of rotatable bonds is 3. The van der Waals surface area contributed by atoms with Gasteiger partial charge >= 0.3 is 5.97 Å². The molecule has 4 rings (SSSR count). The maximum Gasteiger partial charge on any atom is 0.325 e. The molecule has 2 aliphatic heterocycles. The first-order valence-corrected chi connectivity index (χ1v) is 7.82. The molecule has 1 N–H and O–H groups in total. The Kier molecular flexibility index (Phi) is 3.54. The fourth-order valence-corrected chi connectivity index (χ4v) is 2.92. The first-order valence-electron chi connectivity index (χ1n) is 7.44. The van der Waals surface area contributed by atoms with Crippen molar-refractivity contribution in [3.05, 3.63) is 63.9 Å². The molecule has 0 amide bonds. The number of fused-ring (bicyclic) bond motifs is 3. The van der Waals surface area contributed by atoms with E-state index < -0.39 is 18.1 Å². The lowest BCUT2D eigenvalue weighted by atomic mass is 10.0. The minimum Gasteiger partial charge on any atom is -0.480 e. The molecule has 2 aromatic rings. The highest BCUT2D eigenvalue weighted by Gasteiger charge is 2.26. The molecule has 0 aliphatic carbocycles. The third kappa shape index (κ3) is 2.56. The molecule has 0 bridgehead atoms. The Morgan fingerprint density at radius 2 is 1.88 bits per heavy atom. The monoisotopic (exact) mass is 354 g/mol. The number of carboxylic acids is 1. The van der Waals surface area contributed by atoms with Gasteiger partial charge in [-0.1, -0.05) is 23.7 Å². The maximum absolute atomic E-state index is 12.7. The Balaban J connectivity index is 2.10. The third-order valence-corrected chi connectivity index (χ3v) is 4.13. The van der Waals surface area contributed by atoms with Crippen molar-refractivity contribution in [3.63, 3.8) is 0 Å². The van der Waals surface area contributed by atoms with Crippen LogP contribution in [0.3, 0.4) is 0 Å². The third-order valence-electron chi connectivity index (χ3n) is 3.88. The minimum atomic E-state index is -1.14. The fourth-order valence-electron chi connectivity index (χ4n) is 2.79. The summed E-state index contributed by atoms with van der Waals surface area (Å²) in [5.74, 6) is -0.800. The molecule has 7 heteroatoms. The normalized spacial score (nSPS) is 11.2. The van der Waals surface area contributed by atoms with E-state index >= 15 is 0 Å². The second-order valence-electron chi connectivity index (χ2n) is 5.51. The Hall–Kier alpha value is -3.12. The van der Waals surface area contributed by atoms with Gasteiger partial charge in [0.25, 0.3) is 5.56 Å². The van der Waals surface area contributed by atoms with Crippen molar-refractivity contribution < 1.29 is 14.3 Å². The zero-order valence-electron chi connectivity index (χ0n) is 12.8. The Bertz CT molecular complexity index is 1130. The van der Waals surface area contributed by atoms with Gasteiger partial charge < -0.3 is 9.52 Å². The van der Waals surface area contributed by atoms with E-state index in [1.165, 1.54) is 0 Å². The lowest BCUT2D eigenvalue weighted by molar-refractivity contribution is -0.137. The van der Waals surface area contributed by atoms with Gasteiger partial charge in [-0.05, 0) is 36.4 Å². The second kappa shape index (κ2) is 5.75. The van der Waals surface area contributed by atoms with E-state index in [0.29, 0.717) is 33.0 Å². The molecule has 0 radical (unpaired) electrons. The number of aliphatic carboxylic acids is 1. The molecule has 2 aromatic carbocycles. The van der Waals surface area contributed by atoms with Crippen molar-refractivity contribution >= 4 is 28.5 Å². The van der Waals surface area contributed by atoms with Crippen LogP contribution < -0.4 is 5.56 Å². The standard InChI is InChI=1S/C18H11ClN2O4/c19-11-7-5-10(6-8-11)17-15-16(12-3-1-2-4-13(12)25-17)20-21(18(15)24)9-14(22)23/h1-8H,9H2,(H,22,23). The summed E-state index contributed by atoms with van der Waals surface area (Å²) >= 11 is 5.93. The van der Waals surface area contributed by atoms with Gasteiger partial charge in [-0.25, -0.2) is 4.68 Å². The van der Waals surface area contributed by atoms with Crippen molar-refractivity contribution in [3.8, 4) is 22.6 Å². The van der Waals surface area contributed by atoms with E-state index in [0.717, 1.165) is 4.68 Å². The smallest absolute Gasteiger partial charge is 0.325 e. The van der Waals surface area contributed by atoms with Crippen molar-refractivity contribution in [1.29, 1.82) is 0 Å². The fraction of sp³-hybridized carbons (Fsp3) is 0.0556. The summed E-state index contributed by atoms with van der Waals surface area (Å²) < 4.78 is 6.90. The Labute approximate surface area is 146 Å². The molecule has 0 unspecified atom stereocenters. The molecular weight excluding hydrogens is 344 g/mol. The van der Waals surface area contributed by atoms with Gasteiger partial charge in [0.15, 0.2) is 0 Å². The number of carboxylic acid groups (broad SMARTS) is 1. The molecule has 0 spiro atoms. The Morgan fingerprint density at radius 1 is 1.16 bits per heavy atom. The first-order chi connectivity index (χ1) is 12.0. The van der Waals surface area contributed by atoms with Crippen LogP contribution in [0.1, 0.15) is 0 Å². The zero-order valence-corrected chi connectivity index (χ0v) is 13.5. The van der Waals surface area contributed by atoms with Gasteiger partial charge in [0.05, 0.1) is 0 Å². The molecule has 2 heterocycles. The van der Waals surface area contributed by atoms with Crippen molar-refractivity contribution in [2.75, 3.05) is 0 Å². The molecule has 0 fully saturated rings. The van der Waals surface area contributed by atoms with Gasteiger partial charge in [-0.3, -0.25) is 9.59 Å². The number of carbonyl (C=O) groups is 1. The summed E-state index contributed by atoms with van der Waals surface area (Å²) in [5, 5.41) is 14.4. The van der Waals surface area contributed by atoms with Crippen LogP contribution in [0.2, 0.25) is 5.02 Å². The van der Waals surface area contributed by atoms with Crippen LogP contribution in [-0.2, 0) is 11.3 Å². The van der Waals surface area contributed by atoms with E-state index in [2.05, 4.69) is 5.10 Å². The maximum atomic E-state index is 12.7. The van der Waals surface area contributed by atoms with Crippen LogP contribution in [0.25, 0.3) is 33.6 Å². The van der Waals surface area contributed by atoms with E-state index in [-0.39, 0.29) is 5.56 Å². The SMILES string of the molecule is O=C(O)Cn1nc2c3ccccc3oc(-c3ccc(Cl)cc3)c-2c1=O. The predicted molar refractivity (Wildman–Crippen MR) is 93.0 cm³/mol. The quantitative estimate of drug-likeness (QED) is 0.608. The number of hydrogen-bond acceptors (Lipinski definition) is 4. The van der Waals surface area contributed by atoms with Crippen molar-refractivity contribution in [1.82, 2.24) is 9.78 Å². The largest absolute Gasteiger partial charge is 0.480 e. The predicted octanol–water partition coefficient (Wildman–Crippen LogP) is 3.50. The van der Waals surface area contributed by atoms with Crippen LogP contribution in [-0.4, -0.2) is 20.9 Å². The molecular formula is C18H11ClN2O4. The average molecular weight is 355 g/mol. The highest BCUT2D eigenvalue weighted by molar-refractivity contribution is 6.30. The topological polar surface area (TPSA) is 85.3 Å². The van der Waals surface area contributed by atoms with Gasteiger partial charge in [-0.2, -0.15) is 5.10 Å². The summed E-state index contributed by atoms with van der Waals surface area (Å²) in [6, 6.07) is 14.0. The van der Waals surface area contributed by atoms with E-state index in [1.54, 1.807) is 42.5 Å². The molecule has 124 valence electrons. The highest BCUT2D eigenvalue weighted by atomic mass is 35.5. The van der Waals surface area contributed by atoms with Crippen LogP contribution in [0.15, 0.2) is 57.7 Å². The molecule has 0 saturated carbocycles. The number of hydrogen-bond donors (Lipinski definition) is 1. The lowest BCUT2D eigenvalue weighted by Gasteiger charge is -2.08. The molecule has 6 nitrogen and oxygen atoms in total. The average Bonchev–Trinajstić information content (AvgIpc) is 2.91. The van der Waals surface area contributed by atoms with Crippen molar-refractivity contribution in [2.45, 2.75) is 6.54 Å². The van der Waals surface area contributed by atoms with Crippen LogP contribution in [0.5, 0.6) is 0 Å². The highest BCUT2D eigenvalue weighted by Crippen LogP contribution is 2.36. The summed E-state index contributed by atoms with van der Waals surface area (Å²) in [4.78, 5) is 23.7. The number of benzene rings is 2. The summed E-state index contributed by atoms with van der Waals surface area (Å²) in [7, 11) is 0. The van der Waals surface area contributed by atoms with Crippen LogP contribution in [0.4, 0.5) is 0 Å². The minimum absolute atomic E-state index is 0.252. The number of aromatic nitrogens is 2. The van der Waals surface area contributed by atoms with E-state index in [1.807, 2.05) is 6.07 Å². The van der Waals surface area contributed by atoms with E-state index in [4.69, 9.17) is 21.1 Å². The zero-order chi connectivity index (χ0) is 17.6. The molecule has 25 heavy (non-hydrogen) atoms. The molecule has 0 saturated heterocycles. The second-order valence-corrected chi connectivity index (χ2v) is 5.95. The van der Waals surface area contributed by atoms with Crippen LogP contribution >= 0.6 is 11.6 Å². The van der Waals surface area contributed by atoms with Gasteiger partial charge in [0.2, 0.25) is 0 Å². The first kappa shape index (κ1) is 15.4. The molecule has 0 aromatic heterocycles. The number of halogens is 1. The molecule has 0 atom stereocenters. The van der Waals surface area contributed by atoms with Gasteiger partial charge in [0.1, 0.15) is 29.1 Å².